The molecule has 0 unspecified atom stereocenters. The molecule has 0 bridgehead atoms. The van der Waals surface area contributed by atoms with E-state index in [-0.39, 0.29) is 6.61 Å². The second-order valence-corrected chi connectivity index (χ2v) is 6.27. The second-order valence-electron chi connectivity index (χ2n) is 6.27. The van der Waals surface area contributed by atoms with Crippen LogP contribution in [0.2, 0.25) is 0 Å². The third-order valence-corrected chi connectivity index (χ3v) is 4.63. The summed E-state index contributed by atoms with van der Waals surface area (Å²) in [6, 6.07) is 17.2. The molecule has 0 aliphatic heterocycles. The van der Waals surface area contributed by atoms with Crippen LogP contribution in [0.4, 0.5) is 0 Å². The highest BCUT2D eigenvalue weighted by Gasteiger charge is 2.13. The van der Waals surface area contributed by atoms with Crippen LogP contribution in [-0.4, -0.2) is 21.3 Å². The van der Waals surface area contributed by atoms with E-state index in [9.17, 15) is 5.11 Å². The van der Waals surface area contributed by atoms with Gasteiger partial charge in [-0.15, -0.1) is 0 Å². The van der Waals surface area contributed by atoms with Crippen molar-refractivity contribution in [3.8, 4) is 11.1 Å². The van der Waals surface area contributed by atoms with Crippen molar-refractivity contribution < 1.29 is 5.11 Å². The van der Waals surface area contributed by atoms with Crippen molar-refractivity contribution in [2.24, 2.45) is 0 Å². The number of hydrogen-bond donors (Lipinski definition) is 1. The lowest BCUT2D eigenvalue weighted by Crippen LogP contribution is -2.02. The quantitative estimate of drug-likeness (QED) is 0.606. The van der Waals surface area contributed by atoms with Gasteiger partial charge in [-0.3, -0.25) is 4.98 Å². The number of benzene rings is 2. The van der Waals surface area contributed by atoms with Gasteiger partial charge in [-0.05, 0) is 43.2 Å². The predicted molar refractivity (Wildman–Crippen MR) is 99.2 cm³/mol. The Labute approximate surface area is 141 Å². The highest BCUT2D eigenvalue weighted by molar-refractivity contribution is 6.09. The standard InChI is InChI=1S/C21H20N2O/c1-14-4-3-5-16(12-14)17-6-7-20-19(13-17)18-8-9-22-15(2)21(18)23(20)10-11-24/h3-9,12-13,24H,10-11H2,1-2H3. The number of aliphatic hydroxyl groups excluding tert-OH is 1. The van der Waals surface area contributed by atoms with E-state index in [4.69, 9.17) is 0 Å². The van der Waals surface area contributed by atoms with Crippen LogP contribution in [0.25, 0.3) is 32.9 Å². The second kappa shape index (κ2) is 5.77. The summed E-state index contributed by atoms with van der Waals surface area (Å²) in [5, 5.41) is 11.9. The highest BCUT2D eigenvalue weighted by atomic mass is 16.3. The zero-order valence-corrected chi connectivity index (χ0v) is 14.0. The van der Waals surface area contributed by atoms with Gasteiger partial charge in [0.15, 0.2) is 0 Å². The van der Waals surface area contributed by atoms with Crippen molar-refractivity contribution in [3.05, 3.63) is 66.0 Å². The molecule has 3 nitrogen and oxygen atoms in total. The van der Waals surface area contributed by atoms with Gasteiger partial charge in [-0.25, -0.2) is 0 Å². The molecule has 24 heavy (non-hydrogen) atoms. The first-order valence-electron chi connectivity index (χ1n) is 8.24. The molecule has 0 radical (unpaired) electrons. The molecule has 2 aromatic carbocycles. The summed E-state index contributed by atoms with van der Waals surface area (Å²) in [7, 11) is 0. The molecule has 2 aromatic heterocycles. The fourth-order valence-corrected chi connectivity index (χ4v) is 3.56. The molecule has 0 atom stereocenters. The molecular formula is C21H20N2O. The molecule has 4 rings (SSSR count). The Morgan fingerprint density at radius 2 is 1.79 bits per heavy atom. The third kappa shape index (κ3) is 2.29. The Bertz CT molecular complexity index is 1050. The van der Waals surface area contributed by atoms with E-state index in [1.165, 1.54) is 27.5 Å². The van der Waals surface area contributed by atoms with Crippen LogP contribution in [0, 0.1) is 13.8 Å². The molecule has 4 aromatic rings. The first-order valence-corrected chi connectivity index (χ1v) is 8.24. The fraction of sp³-hybridized carbons (Fsp3) is 0.190. The number of nitrogens with zero attached hydrogens (tertiary/aromatic N) is 2. The monoisotopic (exact) mass is 316 g/mol. The van der Waals surface area contributed by atoms with Crippen molar-refractivity contribution in [1.82, 2.24) is 9.55 Å². The first-order chi connectivity index (χ1) is 11.7. The zero-order valence-electron chi connectivity index (χ0n) is 14.0. The molecule has 120 valence electrons. The Morgan fingerprint density at radius 3 is 2.58 bits per heavy atom. The fourth-order valence-electron chi connectivity index (χ4n) is 3.56. The summed E-state index contributed by atoms with van der Waals surface area (Å²) in [6.45, 7) is 4.84. The van der Waals surface area contributed by atoms with E-state index in [2.05, 4.69) is 65.0 Å². The zero-order chi connectivity index (χ0) is 16.7. The maximum atomic E-state index is 9.47. The van der Waals surface area contributed by atoms with Crippen LogP contribution >= 0.6 is 0 Å². The van der Waals surface area contributed by atoms with Gasteiger partial charge in [0.05, 0.1) is 17.8 Å². The summed E-state index contributed by atoms with van der Waals surface area (Å²) in [5.74, 6) is 0. The molecule has 3 heteroatoms. The van der Waals surface area contributed by atoms with Crippen LogP contribution in [-0.2, 0) is 6.54 Å². The summed E-state index contributed by atoms with van der Waals surface area (Å²) >= 11 is 0. The Hall–Kier alpha value is -2.65. The van der Waals surface area contributed by atoms with Crippen molar-refractivity contribution in [2.45, 2.75) is 20.4 Å². The number of fused-ring (bicyclic) bond motifs is 3. The van der Waals surface area contributed by atoms with E-state index < -0.39 is 0 Å². The van der Waals surface area contributed by atoms with Crippen LogP contribution in [0.5, 0.6) is 0 Å². The predicted octanol–water partition coefficient (Wildman–Crippen LogP) is 4.47. The minimum atomic E-state index is 0.118. The van der Waals surface area contributed by atoms with Gasteiger partial charge in [-0.1, -0.05) is 35.9 Å². The number of aromatic nitrogens is 2. The molecule has 0 saturated heterocycles. The third-order valence-electron chi connectivity index (χ3n) is 4.63. The van der Waals surface area contributed by atoms with Gasteiger partial charge in [0, 0.05) is 29.0 Å². The maximum absolute atomic E-state index is 9.47. The Balaban J connectivity index is 2.03. The average molecular weight is 316 g/mol. The van der Waals surface area contributed by atoms with Gasteiger partial charge in [0.2, 0.25) is 0 Å². The van der Waals surface area contributed by atoms with Gasteiger partial charge in [-0.2, -0.15) is 0 Å². The number of aryl methyl sites for hydroxylation is 2. The van der Waals surface area contributed by atoms with E-state index in [1.807, 2.05) is 13.1 Å². The summed E-state index contributed by atoms with van der Waals surface area (Å²) in [5.41, 5.74) is 6.95. The number of pyridine rings is 1. The van der Waals surface area contributed by atoms with Crippen molar-refractivity contribution in [3.63, 3.8) is 0 Å². The van der Waals surface area contributed by atoms with Gasteiger partial charge in [0.1, 0.15) is 0 Å². The highest BCUT2D eigenvalue weighted by Crippen LogP contribution is 2.33. The lowest BCUT2D eigenvalue weighted by molar-refractivity contribution is 0.280. The molecular weight excluding hydrogens is 296 g/mol. The Morgan fingerprint density at radius 1 is 0.958 bits per heavy atom. The van der Waals surface area contributed by atoms with Gasteiger partial charge < -0.3 is 9.67 Å². The molecule has 0 spiro atoms. The van der Waals surface area contributed by atoms with Gasteiger partial charge in [0.25, 0.3) is 0 Å². The Kier molecular flexibility index (Phi) is 3.58. The van der Waals surface area contributed by atoms with E-state index in [1.54, 1.807) is 0 Å². The van der Waals surface area contributed by atoms with E-state index >= 15 is 0 Å². The lowest BCUT2D eigenvalue weighted by atomic mass is 10.0. The van der Waals surface area contributed by atoms with Gasteiger partial charge >= 0.3 is 0 Å². The minimum absolute atomic E-state index is 0.118. The molecule has 0 aliphatic carbocycles. The maximum Gasteiger partial charge on any atom is 0.0708 e. The molecule has 1 N–H and O–H groups in total. The number of hydrogen-bond acceptors (Lipinski definition) is 2. The summed E-state index contributed by atoms with van der Waals surface area (Å²) in [4.78, 5) is 4.44. The molecule has 0 amide bonds. The van der Waals surface area contributed by atoms with Crippen LogP contribution in [0.1, 0.15) is 11.3 Å². The first kappa shape index (κ1) is 14.9. The van der Waals surface area contributed by atoms with Crippen molar-refractivity contribution in [1.29, 1.82) is 0 Å². The molecule has 0 fully saturated rings. The normalized spacial score (nSPS) is 11.5. The minimum Gasteiger partial charge on any atom is -0.395 e. The van der Waals surface area contributed by atoms with Crippen molar-refractivity contribution in [2.75, 3.05) is 6.61 Å². The topological polar surface area (TPSA) is 38.0 Å². The largest absolute Gasteiger partial charge is 0.395 e. The SMILES string of the molecule is Cc1cccc(-c2ccc3c(c2)c2ccnc(C)c2n3CCO)c1. The van der Waals surface area contributed by atoms with E-state index in [0.29, 0.717) is 6.54 Å². The van der Waals surface area contributed by atoms with Crippen molar-refractivity contribution >= 4 is 21.8 Å². The number of aliphatic hydroxyl groups is 1. The molecule has 2 heterocycles. The van der Waals surface area contributed by atoms with Crippen LogP contribution < -0.4 is 0 Å². The van der Waals surface area contributed by atoms with E-state index in [0.717, 1.165) is 16.7 Å². The smallest absolute Gasteiger partial charge is 0.0708 e. The lowest BCUT2D eigenvalue weighted by Gasteiger charge is -2.07. The molecule has 0 saturated carbocycles. The van der Waals surface area contributed by atoms with Crippen LogP contribution in [0.15, 0.2) is 54.7 Å². The molecule has 0 aliphatic rings. The number of rotatable bonds is 3. The summed E-state index contributed by atoms with van der Waals surface area (Å²) in [6.07, 6.45) is 1.86. The van der Waals surface area contributed by atoms with Crippen LogP contribution in [0.3, 0.4) is 0 Å². The average Bonchev–Trinajstić information content (AvgIpc) is 2.90. The summed E-state index contributed by atoms with van der Waals surface area (Å²) < 4.78 is 2.17.